The summed E-state index contributed by atoms with van der Waals surface area (Å²) in [6.45, 7) is 5.46. The second-order valence-electron chi connectivity index (χ2n) is 4.76. The number of benzene rings is 1. The summed E-state index contributed by atoms with van der Waals surface area (Å²) in [4.78, 5) is 13.3. The molecule has 4 nitrogen and oxygen atoms in total. The fourth-order valence-electron chi connectivity index (χ4n) is 2.20. The average Bonchev–Trinajstić information content (AvgIpc) is 2.90. The normalized spacial score (nSPS) is 17.8. The molecule has 1 aromatic carbocycles. The van der Waals surface area contributed by atoms with Gasteiger partial charge >= 0.3 is 6.09 Å². The Kier molecular flexibility index (Phi) is 5.04. The minimum absolute atomic E-state index is 0.253. The van der Waals surface area contributed by atoms with Gasteiger partial charge in [-0.2, -0.15) is 0 Å². The maximum atomic E-state index is 11.7. The standard InChI is InChI=1S/C16H21NO3/c1-3-14-10-17(16(18)19-4-2)11-15(14)20-12-13-8-6-5-7-9-13/h5-9,11,14H,3-4,10,12H2,1-2H3. The molecule has 1 amide bonds. The van der Waals surface area contributed by atoms with Crippen LogP contribution in [0.4, 0.5) is 4.79 Å². The number of nitrogens with zero attached hydrogens (tertiary/aromatic N) is 1. The molecule has 2 rings (SSSR count). The molecule has 4 heteroatoms. The SMILES string of the molecule is CCOC(=O)N1C=C(OCc2ccccc2)C(CC)C1. The van der Waals surface area contributed by atoms with Crippen LogP contribution in [0.15, 0.2) is 42.3 Å². The van der Waals surface area contributed by atoms with Gasteiger partial charge in [-0.05, 0) is 18.9 Å². The third-order valence-electron chi connectivity index (χ3n) is 3.35. The van der Waals surface area contributed by atoms with Crippen molar-refractivity contribution < 1.29 is 14.3 Å². The molecule has 1 heterocycles. The molecule has 1 aliphatic rings. The van der Waals surface area contributed by atoms with Crippen molar-refractivity contribution in [1.29, 1.82) is 0 Å². The van der Waals surface area contributed by atoms with Crippen LogP contribution < -0.4 is 0 Å². The molecule has 0 fully saturated rings. The molecule has 0 bridgehead atoms. The van der Waals surface area contributed by atoms with Gasteiger partial charge in [-0.1, -0.05) is 37.3 Å². The first-order valence-electron chi connectivity index (χ1n) is 7.06. The van der Waals surface area contributed by atoms with E-state index < -0.39 is 0 Å². The smallest absolute Gasteiger partial charge is 0.413 e. The summed E-state index contributed by atoms with van der Waals surface area (Å²) >= 11 is 0. The zero-order valence-corrected chi connectivity index (χ0v) is 12.0. The number of carbonyl (C=O) groups is 1. The Morgan fingerprint density at radius 2 is 2.05 bits per heavy atom. The first-order valence-corrected chi connectivity index (χ1v) is 7.06. The maximum absolute atomic E-state index is 11.7. The van der Waals surface area contributed by atoms with Crippen molar-refractivity contribution in [2.24, 2.45) is 5.92 Å². The molecule has 108 valence electrons. The van der Waals surface area contributed by atoms with Crippen LogP contribution in [0.25, 0.3) is 0 Å². The van der Waals surface area contributed by atoms with Crippen molar-refractivity contribution in [1.82, 2.24) is 4.90 Å². The molecular formula is C16H21NO3. The first kappa shape index (κ1) is 14.4. The largest absolute Gasteiger partial charge is 0.491 e. The van der Waals surface area contributed by atoms with Gasteiger partial charge < -0.3 is 9.47 Å². The minimum Gasteiger partial charge on any atom is -0.491 e. The summed E-state index contributed by atoms with van der Waals surface area (Å²) in [6, 6.07) is 10.0. The van der Waals surface area contributed by atoms with Gasteiger partial charge in [0.1, 0.15) is 12.4 Å². The van der Waals surface area contributed by atoms with Crippen molar-refractivity contribution in [3.8, 4) is 0 Å². The number of rotatable bonds is 5. The van der Waals surface area contributed by atoms with E-state index in [4.69, 9.17) is 9.47 Å². The lowest BCUT2D eigenvalue weighted by molar-refractivity contribution is 0.122. The molecule has 0 aromatic heterocycles. The summed E-state index contributed by atoms with van der Waals surface area (Å²) in [5.41, 5.74) is 1.12. The van der Waals surface area contributed by atoms with E-state index in [1.807, 2.05) is 37.3 Å². The Labute approximate surface area is 120 Å². The third-order valence-corrected chi connectivity index (χ3v) is 3.35. The van der Waals surface area contributed by atoms with E-state index in [2.05, 4.69) is 6.92 Å². The molecule has 1 atom stereocenters. The fourth-order valence-corrected chi connectivity index (χ4v) is 2.20. The van der Waals surface area contributed by atoms with E-state index in [1.165, 1.54) is 0 Å². The van der Waals surface area contributed by atoms with Gasteiger partial charge in [0.05, 0.1) is 6.61 Å². The lowest BCUT2D eigenvalue weighted by atomic mass is 10.1. The van der Waals surface area contributed by atoms with Gasteiger partial charge in [0.25, 0.3) is 0 Å². The number of ether oxygens (including phenoxy) is 2. The Bertz CT molecular complexity index is 470. The number of amides is 1. The van der Waals surface area contributed by atoms with Gasteiger partial charge in [-0.25, -0.2) is 4.79 Å². The van der Waals surface area contributed by atoms with Gasteiger partial charge in [-0.3, -0.25) is 4.90 Å². The van der Waals surface area contributed by atoms with Crippen molar-refractivity contribution in [3.63, 3.8) is 0 Å². The zero-order chi connectivity index (χ0) is 14.4. The number of hydrogen-bond donors (Lipinski definition) is 0. The number of carbonyl (C=O) groups excluding carboxylic acids is 1. The van der Waals surface area contributed by atoms with Gasteiger partial charge in [0.2, 0.25) is 0 Å². The summed E-state index contributed by atoms with van der Waals surface area (Å²) < 4.78 is 10.9. The van der Waals surface area contributed by atoms with Crippen LogP contribution in [0.1, 0.15) is 25.8 Å². The second kappa shape index (κ2) is 6.98. The van der Waals surface area contributed by atoms with Crippen LogP contribution >= 0.6 is 0 Å². The molecule has 0 saturated carbocycles. The highest BCUT2D eigenvalue weighted by molar-refractivity contribution is 5.69. The van der Waals surface area contributed by atoms with Crippen LogP contribution in [-0.4, -0.2) is 24.1 Å². The lowest BCUT2D eigenvalue weighted by Gasteiger charge is -2.15. The molecule has 0 N–H and O–H groups in total. The molecule has 1 unspecified atom stereocenters. The molecule has 0 aliphatic carbocycles. The third kappa shape index (κ3) is 3.53. The van der Waals surface area contributed by atoms with Crippen LogP contribution in [0.5, 0.6) is 0 Å². The molecule has 1 aliphatic heterocycles. The molecule has 0 saturated heterocycles. The van der Waals surface area contributed by atoms with Crippen molar-refractivity contribution >= 4 is 6.09 Å². The first-order chi connectivity index (χ1) is 9.74. The molecule has 0 spiro atoms. The summed E-state index contributed by atoms with van der Waals surface area (Å²) in [7, 11) is 0. The quantitative estimate of drug-likeness (QED) is 0.825. The second-order valence-corrected chi connectivity index (χ2v) is 4.76. The van der Waals surface area contributed by atoms with Gasteiger partial charge in [-0.15, -0.1) is 0 Å². The van der Waals surface area contributed by atoms with Crippen LogP contribution in [0.3, 0.4) is 0 Å². The highest BCUT2D eigenvalue weighted by atomic mass is 16.6. The predicted molar refractivity (Wildman–Crippen MR) is 76.8 cm³/mol. The Morgan fingerprint density at radius 3 is 2.70 bits per heavy atom. The van der Waals surface area contributed by atoms with Gasteiger partial charge in [0.15, 0.2) is 0 Å². The topological polar surface area (TPSA) is 38.8 Å². The Balaban J connectivity index is 1.97. The molecule has 0 radical (unpaired) electrons. The van der Waals surface area contributed by atoms with E-state index in [-0.39, 0.29) is 12.0 Å². The van der Waals surface area contributed by atoms with E-state index in [0.717, 1.165) is 17.7 Å². The maximum Gasteiger partial charge on any atom is 0.413 e. The van der Waals surface area contributed by atoms with E-state index in [9.17, 15) is 4.79 Å². The molecular weight excluding hydrogens is 254 g/mol. The zero-order valence-electron chi connectivity index (χ0n) is 12.0. The highest BCUT2D eigenvalue weighted by Gasteiger charge is 2.28. The van der Waals surface area contributed by atoms with Gasteiger partial charge in [0, 0.05) is 18.7 Å². The molecule has 20 heavy (non-hydrogen) atoms. The minimum atomic E-state index is -0.302. The van der Waals surface area contributed by atoms with E-state index in [0.29, 0.717) is 19.8 Å². The molecule has 1 aromatic rings. The van der Waals surface area contributed by atoms with Crippen molar-refractivity contribution in [2.75, 3.05) is 13.2 Å². The highest BCUT2D eigenvalue weighted by Crippen LogP contribution is 2.26. The van der Waals surface area contributed by atoms with E-state index in [1.54, 1.807) is 11.1 Å². The summed E-state index contributed by atoms with van der Waals surface area (Å²) in [5, 5.41) is 0. The summed E-state index contributed by atoms with van der Waals surface area (Å²) in [6.07, 6.45) is 2.41. The Morgan fingerprint density at radius 1 is 1.30 bits per heavy atom. The lowest BCUT2D eigenvalue weighted by Crippen LogP contribution is -2.26. The average molecular weight is 275 g/mol. The summed E-state index contributed by atoms with van der Waals surface area (Å²) in [5.74, 6) is 1.12. The van der Waals surface area contributed by atoms with Crippen molar-refractivity contribution in [3.05, 3.63) is 47.9 Å². The Hall–Kier alpha value is -1.97. The number of hydrogen-bond acceptors (Lipinski definition) is 3. The monoisotopic (exact) mass is 275 g/mol. The predicted octanol–water partition coefficient (Wildman–Crippen LogP) is 3.54. The van der Waals surface area contributed by atoms with E-state index >= 15 is 0 Å². The van der Waals surface area contributed by atoms with Crippen LogP contribution in [-0.2, 0) is 16.1 Å². The fraction of sp³-hybridized carbons (Fsp3) is 0.438. The van der Waals surface area contributed by atoms with Crippen LogP contribution in [0.2, 0.25) is 0 Å². The van der Waals surface area contributed by atoms with Crippen LogP contribution in [0, 0.1) is 5.92 Å². The van der Waals surface area contributed by atoms with Crippen molar-refractivity contribution in [2.45, 2.75) is 26.9 Å².